The summed E-state index contributed by atoms with van der Waals surface area (Å²) in [6.45, 7) is 3.91. The van der Waals surface area contributed by atoms with E-state index >= 15 is 0 Å². The van der Waals surface area contributed by atoms with Crippen LogP contribution in [0.2, 0.25) is 0 Å². The predicted molar refractivity (Wildman–Crippen MR) is 69.5 cm³/mol. The third kappa shape index (κ3) is 4.31. The highest BCUT2D eigenvalue weighted by atomic mass is 16.5. The third-order valence-electron chi connectivity index (χ3n) is 2.44. The van der Waals surface area contributed by atoms with Crippen molar-refractivity contribution in [2.24, 2.45) is 0 Å². The molecular formula is C14H19NO2. The minimum atomic E-state index is -0.0293. The first-order valence-corrected chi connectivity index (χ1v) is 5.80. The fourth-order valence-corrected chi connectivity index (χ4v) is 1.49. The molecule has 0 saturated carbocycles. The van der Waals surface area contributed by atoms with Crippen LogP contribution in [-0.2, 0) is 4.74 Å². The van der Waals surface area contributed by atoms with Crippen LogP contribution < -0.4 is 0 Å². The molecule has 1 atom stereocenters. The number of nitrogens with one attached hydrogen (secondary N) is 1. The highest BCUT2D eigenvalue weighted by Crippen LogP contribution is 2.17. The highest BCUT2D eigenvalue weighted by Gasteiger charge is 2.11. The first-order valence-electron chi connectivity index (χ1n) is 5.80. The number of allylic oxidation sites excluding steroid dienone is 2. The summed E-state index contributed by atoms with van der Waals surface area (Å²) in [5, 5.41) is 17.4. The van der Waals surface area contributed by atoms with Crippen molar-refractivity contribution in [2.45, 2.75) is 32.8 Å². The van der Waals surface area contributed by atoms with Crippen molar-refractivity contribution in [1.82, 2.24) is 0 Å². The maximum absolute atomic E-state index is 9.58. The van der Waals surface area contributed by atoms with E-state index in [1.807, 2.05) is 19.9 Å². The molecule has 0 aliphatic carbocycles. The Morgan fingerprint density at radius 1 is 1.47 bits per heavy atom. The fraction of sp³-hybridized carbons (Fsp3) is 0.357. The summed E-state index contributed by atoms with van der Waals surface area (Å²) < 4.78 is 5.45. The van der Waals surface area contributed by atoms with Crippen molar-refractivity contribution < 1.29 is 9.84 Å². The molecule has 0 aromatic heterocycles. The quantitative estimate of drug-likeness (QED) is 0.464. The number of hydrogen-bond acceptors (Lipinski definition) is 3. The van der Waals surface area contributed by atoms with Gasteiger partial charge in [-0.3, -0.25) is 5.41 Å². The SMILES string of the molecule is CC=CCCC(C)OC(=N)c1ccccc1O. The van der Waals surface area contributed by atoms with Crippen LogP contribution in [0.1, 0.15) is 32.3 Å². The van der Waals surface area contributed by atoms with Gasteiger partial charge in [0.05, 0.1) is 11.7 Å². The Balaban J connectivity index is 2.52. The zero-order valence-electron chi connectivity index (χ0n) is 10.3. The Morgan fingerprint density at radius 3 is 2.82 bits per heavy atom. The number of hydrogen-bond donors (Lipinski definition) is 2. The van der Waals surface area contributed by atoms with E-state index in [2.05, 4.69) is 6.08 Å². The van der Waals surface area contributed by atoms with Crippen molar-refractivity contribution in [2.75, 3.05) is 0 Å². The topological polar surface area (TPSA) is 53.3 Å². The molecule has 3 nitrogen and oxygen atoms in total. The van der Waals surface area contributed by atoms with Crippen molar-refractivity contribution in [3.63, 3.8) is 0 Å². The minimum Gasteiger partial charge on any atom is -0.507 e. The Kier molecular flexibility index (Phi) is 5.27. The molecular weight excluding hydrogens is 214 g/mol. The molecule has 2 N–H and O–H groups in total. The number of aromatic hydroxyl groups is 1. The van der Waals surface area contributed by atoms with Crippen molar-refractivity contribution in [3.8, 4) is 5.75 Å². The van der Waals surface area contributed by atoms with Crippen molar-refractivity contribution in [1.29, 1.82) is 5.41 Å². The summed E-state index contributed by atoms with van der Waals surface area (Å²) in [6.07, 6.45) is 5.84. The standard InChI is InChI=1S/C14H19NO2/c1-3-4-5-8-11(2)17-14(15)12-9-6-7-10-13(12)16/h3-4,6-7,9-11,15-16H,5,8H2,1-2H3. The van der Waals surface area contributed by atoms with Crippen LogP contribution in [0.25, 0.3) is 0 Å². The minimum absolute atomic E-state index is 0.0241. The lowest BCUT2D eigenvalue weighted by Crippen LogP contribution is -2.14. The summed E-state index contributed by atoms with van der Waals surface area (Å²) in [4.78, 5) is 0. The van der Waals surface area contributed by atoms with Gasteiger partial charge in [-0.05, 0) is 38.8 Å². The lowest BCUT2D eigenvalue weighted by molar-refractivity contribution is 0.197. The third-order valence-corrected chi connectivity index (χ3v) is 2.44. The van der Waals surface area contributed by atoms with Gasteiger partial charge in [0.2, 0.25) is 5.90 Å². The first-order chi connectivity index (χ1) is 8.15. The van der Waals surface area contributed by atoms with Gasteiger partial charge in [-0.15, -0.1) is 0 Å². The Labute approximate surface area is 102 Å². The van der Waals surface area contributed by atoms with E-state index in [1.54, 1.807) is 24.3 Å². The maximum atomic E-state index is 9.58. The Bertz CT molecular complexity index is 399. The van der Waals surface area contributed by atoms with Crippen LogP contribution in [0.4, 0.5) is 0 Å². The molecule has 0 bridgehead atoms. The molecule has 0 saturated heterocycles. The lowest BCUT2D eigenvalue weighted by Gasteiger charge is -2.15. The van der Waals surface area contributed by atoms with Gasteiger partial charge in [-0.1, -0.05) is 24.3 Å². The predicted octanol–water partition coefficient (Wildman–Crippen LogP) is 3.48. The number of phenols is 1. The van der Waals surface area contributed by atoms with Crippen LogP contribution in [0.5, 0.6) is 5.75 Å². The summed E-state index contributed by atoms with van der Waals surface area (Å²) in [7, 11) is 0. The zero-order valence-corrected chi connectivity index (χ0v) is 10.3. The summed E-state index contributed by atoms with van der Waals surface area (Å²) in [5.74, 6) is 0.106. The van der Waals surface area contributed by atoms with E-state index in [0.717, 1.165) is 12.8 Å². The van der Waals surface area contributed by atoms with Crippen LogP contribution in [-0.4, -0.2) is 17.1 Å². The maximum Gasteiger partial charge on any atom is 0.217 e. The van der Waals surface area contributed by atoms with Gasteiger partial charge in [-0.2, -0.15) is 0 Å². The molecule has 1 unspecified atom stereocenters. The molecule has 1 aromatic rings. The number of para-hydroxylation sites is 1. The normalized spacial score (nSPS) is 12.6. The largest absolute Gasteiger partial charge is 0.507 e. The monoisotopic (exact) mass is 233 g/mol. The number of ether oxygens (including phenoxy) is 1. The van der Waals surface area contributed by atoms with Crippen LogP contribution in [0.15, 0.2) is 36.4 Å². The van der Waals surface area contributed by atoms with Gasteiger partial charge in [0.25, 0.3) is 0 Å². The van der Waals surface area contributed by atoms with Gasteiger partial charge in [0, 0.05) is 0 Å². The molecule has 92 valence electrons. The van der Waals surface area contributed by atoms with Crippen LogP contribution in [0, 0.1) is 5.41 Å². The summed E-state index contributed by atoms with van der Waals surface area (Å²) in [5.41, 5.74) is 0.436. The Morgan fingerprint density at radius 2 is 2.18 bits per heavy atom. The first kappa shape index (κ1) is 13.3. The van der Waals surface area contributed by atoms with E-state index in [0.29, 0.717) is 5.56 Å². The van der Waals surface area contributed by atoms with Crippen LogP contribution in [0.3, 0.4) is 0 Å². The van der Waals surface area contributed by atoms with Crippen molar-refractivity contribution in [3.05, 3.63) is 42.0 Å². The smallest absolute Gasteiger partial charge is 0.217 e. The molecule has 0 spiro atoms. The number of rotatable bonds is 5. The molecule has 0 heterocycles. The molecule has 1 rings (SSSR count). The average Bonchev–Trinajstić information content (AvgIpc) is 2.29. The van der Waals surface area contributed by atoms with Crippen molar-refractivity contribution >= 4 is 5.90 Å². The summed E-state index contributed by atoms with van der Waals surface area (Å²) in [6, 6.07) is 6.73. The number of benzene rings is 1. The molecule has 1 aromatic carbocycles. The Hall–Kier alpha value is -1.77. The highest BCUT2D eigenvalue weighted by molar-refractivity contribution is 5.94. The van der Waals surface area contributed by atoms with Gasteiger partial charge in [0.1, 0.15) is 5.75 Å². The molecule has 0 radical (unpaired) electrons. The van der Waals surface area contributed by atoms with Crippen LogP contribution >= 0.6 is 0 Å². The second-order valence-corrected chi connectivity index (χ2v) is 3.92. The van der Waals surface area contributed by atoms with E-state index in [9.17, 15) is 5.11 Å². The van der Waals surface area contributed by atoms with Gasteiger partial charge >= 0.3 is 0 Å². The van der Waals surface area contributed by atoms with E-state index < -0.39 is 0 Å². The van der Waals surface area contributed by atoms with E-state index in [1.165, 1.54) is 0 Å². The van der Waals surface area contributed by atoms with Gasteiger partial charge in [0.15, 0.2) is 0 Å². The van der Waals surface area contributed by atoms with Gasteiger partial charge < -0.3 is 9.84 Å². The average molecular weight is 233 g/mol. The molecule has 3 heteroatoms. The van der Waals surface area contributed by atoms with E-state index in [-0.39, 0.29) is 17.8 Å². The molecule has 0 aliphatic rings. The molecule has 17 heavy (non-hydrogen) atoms. The molecule has 0 fully saturated rings. The zero-order chi connectivity index (χ0) is 12.7. The lowest BCUT2D eigenvalue weighted by atomic mass is 10.2. The molecule has 0 aliphatic heterocycles. The summed E-state index contributed by atoms with van der Waals surface area (Å²) >= 11 is 0. The fourth-order valence-electron chi connectivity index (χ4n) is 1.49. The van der Waals surface area contributed by atoms with E-state index in [4.69, 9.17) is 10.1 Å². The number of phenolic OH excluding ortho intramolecular Hbond substituents is 1. The molecule has 0 amide bonds. The second kappa shape index (κ2) is 6.74. The second-order valence-electron chi connectivity index (χ2n) is 3.92. The van der Waals surface area contributed by atoms with Gasteiger partial charge in [-0.25, -0.2) is 0 Å².